The van der Waals surface area contributed by atoms with Gasteiger partial charge in [-0.25, -0.2) is 4.79 Å². The molecule has 1 saturated heterocycles. The van der Waals surface area contributed by atoms with Gasteiger partial charge in [-0.1, -0.05) is 19.3 Å². The first-order chi connectivity index (χ1) is 10.0. The fourth-order valence-corrected chi connectivity index (χ4v) is 3.61. The molecule has 0 bridgehead atoms. The van der Waals surface area contributed by atoms with Crippen LogP contribution in [-0.4, -0.2) is 60.3 Å². The molecule has 1 saturated carbocycles. The van der Waals surface area contributed by atoms with E-state index < -0.39 is 12.0 Å². The van der Waals surface area contributed by atoms with Crippen molar-refractivity contribution in [1.82, 2.24) is 10.2 Å². The maximum absolute atomic E-state index is 12.6. The van der Waals surface area contributed by atoms with E-state index in [1.54, 1.807) is 7.11 Å². The maximum atomic E-state index is 12.6. The minimum absolute atomic E-state index is 0.0711. The lowest BCUT2D eigenvalue weighted by molar-refractivity contribution is -0.149. The number of ether oxygens (including phenoxy) is 1. The third-order valence-electron chi connectivity index (χ3n) is 5.03. The minimum atomic E-state index is -0.940. The third-order valence-corrected chi connectivity index (χ3v) is 5.03. The van der Waals surface area contributed by atoms with Gasteiger partial charge in [-0.15, -0.1) is 0 Å². The van der Waals surface area contributed by atoms with Gasteiger partial charge < -0.3 is 20.1 Å². The fourth-order valence-electron chi connectivity index (χ4n) is 3.61. The van der Waals surface area contributed by atoms with Gasteiger partial charge in [0, 0.05) is 32.0 Å². The van der Waals surface area contributed by atoms with Crippen LogP contribution in [0.15, 0.2) is 0 Å². The lowest BCUT2D eigenvalue weighted by Gasteiger charge is -2.38. The van der Waals surface area contributed by atoms with E-state index in [4.69, 9.17) is 4.74 Å². The molecule has 120 valence electrons. The second-order valence-corrected chi connectivity index (χ2v) is 6.26. The number of hydrogen-bond donors (Lipinski definition) is 2. The van der Waals surface area contributed by atoms with Crippen LogP contribution in [0.4, 0.5) is 0 Å². The number of likely N-dealkylation sites (tertiary alicyclic amines) is 1. The molecule has 2 fully saturated rings. The van der Waals surface area contributed by atoms with Crippen LogP contribution < -0.4 is 5.32 Å². The number of carboxylic acid groups (broad SMARTS) is 1. The van der Waals surface area contributed by atoms with Crippen molar-refractivity contribution in [1.29, 1.82) is 0 Å². The summed E-state index contributed by atoms with van der Waals surface area (Å²) < 4.78 is 5.24. The molecule has 1 amide bonds. The summed E-state index contributed by atoms with van der Waals surface area (Å²) in [5.41, 5.74) is -0.163. The van der Waals surface area contributed by atoms with Crippen LogP contribution >= 0.6 is 0 Å². The van der Waals surface area contributed by atoms with Crippen molar-refractivity contribution in [3.05, 3.63) is 0 Å². The standard InChI is InChI=1S/C15H26N2O4/c1-16-15(6-4-3-5-7-15)9-13(18)17-10-11(21-2)8-12(17)14(19)20/h11-12,16H,3-10H2,1-2H3,(H,19,20). The van der Waals surface area contributed by atoms with Gasteiger partial charge in [-0.05, 0) is 19.9 Å². The maximum Gasteiger partial charge on any atom is 0.326 e. The lowest BCUT2D eigenvalue weighted by atomic mass is 9.79. The van der Waals surface area contributed by atoms with Crippen LogP contribution in [0.1, 0.15) is 44.9 Å². The molecule has 0 spiro atoms. The molecular weight excluding hydrogens is 272 g/mol. The normalized spacial score (nSPS) is 28.6. The molecule has 2 rings (SSSR count). The molecule has 0 aromatic rings. The molecule has 2 atom stereocenters. The molecule has 2 N–H and O–H groups in total. The predicted octanol–water partition coefficient (Wildman–Crippen LogP) is 0.999. The van der Waals surface area contributed by atoms with E-state index in [1.165, 1.54) is 11.3 Å². The molecule has 2 aliphatic rings. The largest absolute Gasteiger partial charge is 0.480 e. The summed E-state index contributed by atoms with van der Waals surface area (Å²) in [7, 11) is 3.46. The van der Waals surface area contributed by atoms with Crippen molar-refractivity contribution in [3.8, 4) is 0 Å². The molecule has 0 radical (unpaired) electrons. The fraction of sp³-hybridized carbons (Fsp3) is 0.867. The van der Waals surface area contributed by atoms with Gasteiger partial charge in [-0.3, -0.25) is 4.79 Å². The van der Waals surface area contributed by atoms with Gasteiger partial charge in [0.05, 0.1) is 6.10 Å². The highest BCUT2D eigenvalue weighted by Crippen LogP contribution is 2.32. The Bertz CT molecular complexity index is 393. The molecule has 0 aromatic carbocycles. The number of carbonyl (C=O) groups excluding carboxylic acids is 1. The van der Waals surface area contributed by atoms with E-state index in [0.717, 1.165) is 25.7 Å². The first-order valence-electron chi connectivity index (χ1n) is 7.75. The molecule has 2 unspecified atom stereocenters. The Labute approximate surface area is 125 Å². The monoisotopic (exact) mass is 298 g/mol. The summed E-state index contributed by atoms with van der Waals surface area (Å²) in [6.45, 7) is 0.381. The van der Waals surface area contributed by atoms with Crippen molar-refractivity contribution < 1.29 is 19.4 Å². The summed E-state index contributed by atoms with van der Waals surface area (Å²) in [5.74, 6) is -1.01. The Morgan fingerprint density at radius 1 is 1.33 bits per heavy atom. The number of nitrogens with zero attached hydrogens (tertiary/aromatic N) is 1. The topological polar surface area (TPSA) is 78.9 Å². The van der Waals surface area contributed by atoms with E-state index in [0.29, 0.717) is 19.4 Å². The third kappa shape index (κ3) is 3.55. The van der Waals surface area contributed by atoms with Crippen molar-refractivity contribution in [3.63, 3.8) is 0 Å². The van der Waals surface area contributed by atoms with Crippen LogP contribution in [0.5, 0.6) is 0 Å². The Hall–Kier alpha value is -1.14. The summed E-state index contributed by atoms with van der Waals surface area (Å²) >= 11 is 0. The number of methoxy groups -OCH3 is 1. The second-order valence-electron chi connectivity index (χ2n) is 6.26. The van der Waals surface area contributed by atoms with Gasteiger partial charge in [0.1, 0.15) is 6.04 Å². The number of hydrogen-bond acceptors (Lipinski definition) is 4. The molecule has 6 nitrogen and oxygen atoms in total. The van der Waals surface area contributed by atoms with Gasteiger partial charge in [0.25, 0.3) is 0 Å². The number of rotatable bonds is 5. The predicted molar refractivity (Wildman–Crippen MR) is 78.0 cm³/mol. The first kappa shape index (κ1) is 16.2. The zero-order valence-electron chi connectivity index (χ0n) is 12.9. The highest BCUT2D eigenvalue weighted by atomic mass is 16.5. The highest BCUT2D eigenvalue weighted by Gasteiger charge is 2.42. The summed E-state index contributed by atoms with van der Waals surface area (Å²) in [4.78, 5) is 25.5. The lowest BCUT2D eigenvalue weighted by Crippen LogP contribution is -2.50. The van der Waals surface area contributed by atoms with Gasteiger partial charge in [0.15, 0.2) is 0 Å². The second kappa shape index (κ2) is 6.75. The van der Waals surface area contributed by atoms with Crippen molar-refractivity contribution in [2.45, 2.75) is 62.6 Å². The Kier molecular flexibility index (Phi) is 5.22. The van der Waals surface area contributed by atoms with E-state index in [2.05, 4.69) is 5.32 Å². The Morgan fingerprint density at radius 3 is 2.52 bits per heavy atom. The van der Waals surface area contributed by atoms with E-state index in [-0.39, 0.29) is 17.6 Å². The summed E-state index contributed by atoms with van der Waals surface area (Å²) in [6, 6.07) is -0.750. The van der Waals surface area contributed by atoms with Crippen molar-refractivity contribution in [2.75, 3.05) is 20.7 Å². The number of carbonyl (C=O) groups is 2. The van der Waals surface area contributed by atoms with Crippen LogP contribution in [0.25, 0.3) is 0 Å². The van der Waals surface area contributed by atoms with Crippen molar-refractivity contribution >= 4 is 11.9 Å². The average molecular weight is 298 g/mol. The van der Waals surface area contributed by atoms with Crippen LogP contribution in [0.3, 0.4) is 0 Å². The van der Waals surface area contributed by atoms with Crippen LogP contribution in [-0.2, 0) is 14.3 Å². The Balaban J connectivity index is 2.05. The number of carboxylic acids is 1. The molecule has 1 aliphatic heterocycles. The van der Waals surface area contributed by atoms with Crippen LogP contribution in [0.2, 0.25) is 0 Å². The van der Waals surface area contributed by atoms with E-state index in [1.807, 2.05) is 7.05 Å². The highest BCUT2D eigenvalue weighted by molar-refractivity contribution is 5.85. The van der Waals surface area contributed by atoms with Crippen molar-refractivity contribution in [2.24, 2.45) is 0 Å². The molecule has 6 heteroatoms. The number of aliphatic carboxylic acids is 1. The van der Waals surface area contributed by atoms with Crippen LogP contribution in [0, 0.1) is 0 Å². The molecule has 0 aromatic heterocycles. The zero-order chi connectivity index (χ0) is 15.5. The SMILES string of the molecule is CNC1(CC(=O)N2CC(OC)CC2C(=O)O)CCCCC1. The zero-order valence-corrected chi connectivity index (χ0v) is 12.9. The van der Waals surface area contributed by atoms with Gasteiger partial charge >= 0.3 is 5.97 Å². The minimum Gasteiger partial charge on any atom is -0.480 e. The van der Waals surface area contributed by atoms with Gasteiger partial charge in [0.2, 0.25) is 5.91 Å². The average Bonchev–Trinajstić information content (AvgIpc) is 2.93. The molecule has 1 aliphatic carbocycles. The smallest absolute Gasteiger partial charge is 0.326 e. The quantitative estimate of drug-likeness (QED) is 0.791. The number of nitrogens with one attached hydrogen (secondary N) is 1. The first-order valence-corrected chi connectivity index (χ1v) is 7.75. The van der Waals surface area contributed by atoms with Gasteiger partial charge in [-0.2, -0.15) is 0 Å². The molecule has 21 heavy (non-hydrogen) atoms. The Morgan fingerprint density at radius 2 is 2.00 bits per heavy atom. The molecule has 1 heterocycles. The summed E-state index contributed by atoms with van der Waals surface area (Å²) in [5, 5.41) is 12.6. The van der Waals surface area contributed by atoms with E-state index >= 15 is 0 Å². The molecular formula is C15H26N2O4. The van der Waals surface area contributed by atoms with E-state index in [9.17, 15) is 14.7 Å². The summed E-state index contributed by atoms with van der Waals surface area (Å²) in [6.07, 6.45) is 6.00. The number of amides is 1.